The fourth-order valence-electron chi connectivity index (χ4n) is 4.16. The number of nitrogens with zero attached hydrogens (tertiary/aromatic N) is 2. The second-order valence-corrected chi connectivity index (χ2v) is 8.48. The minimum atomic E-state index is -0.0103. The van der Waals surface area contributed by atoms with Crippen molar-refractivity contribution >= 4 is 5.91 Å². The number of methoxy groups -OCH3 is 1. The van der Waals surface area contributed by atoms with Gasteiger partial charge in [0.15, 0.2) is 0 Å². The van der Waals surface area contributed by atoms with E-state index in [-0.39, 0.29) is 5.91 Å². The zero-order valence-electron chi connectivity index (χ0n) is 17.3. The average Bonchev–Trinajstić information content (AvgIpc) is 3.71. The number of carbonyl (C=O) groups is 1. The Hall–Kier alpha value is -3.08. The van der Waals surface area contributed by atoms with E-state index < -0.39 is 0 Å². The summed E-state index contributed by atoms with van der Waals surface area (Å²) in [4.78, 5) is 13.3. The minimum absolute atomic E-state index is 0.0103. The Kier molecular flexibility index (Phi) is 5.03. The summed E-state index contributed by atoms with van der Waals surface area (Å²) >= 11 is 0. The third kappa shape index (κ3) is 4.11. The number of ether oxygens (including phenoxy) is 1. The van der Waals surface area contributed by atoms with E-state index in [1.807, 2.05) is 53.3 Å². The van der Waals surface area contributed by atoms with Crippen molar-refractivity contribution in [3.63, 3.8) is 0 Å². The first-order valence-electron chi connectivity index (χ1n) is 10.8. The Labute approximate surface area is 177 Å². The standard InChI is InChI=1S/C25H27N3O2/c1-30-21-13-11-20(12-14-21)24-22(16-28(27-24)15-17-5-3-2-4-6-17)25(29)26-23(18-7-8-18)19-9-10-19/h2-6,11-14,16,18-19,23H,7-10,15H2,1H3,(H,26,29). The molecule has 5 nitrogen and oxygen atoms in total. The summed E-state index contributed by atoms with van der Waals surface area (Å²) in [5.41, 5.74) is 3.43. The van der Waals surface area contributed by atoms with Crippen molar-refractivity contribution in [2.75, 3.05) is 7.11 Å². The van der Waals surface area contributed by atoms with Crippen LogP contribution in [0.1, 0.15) is 41.6 Å². The van der Waals surface area contributed by atoms with Crippen LogP contribution in [0.15, 0.2) is 60.8 Å². The molecular formula is C25H27N3O2. The Morgan fingerprint density at radius 1 is 1.07 bits per heavy atom. The normalized spacial score (nSPS) is 15.9. The molecule has 5 heteroatoms. The predicted octanol–water partition coefficient (Wildman–Crippen LogP) is 4.53. The lowest BCUT2D eigenvalue weighted by molar-refractivity contribution is 0.0927. The molecule has 1 amide bonds. The highest BCUT2D eigenvalue weighted by Gasteiger charge is 2.42. The van der Waals surface area contributed by atoms with Crippen LogP contribution >= 0.6 is 0 Å². The molecule has 0 saturated heterocycles. The summed E-state index contributed by atoms with van der Waals surface area (Å²) in [7, 11) is 1.65. The molecule has 2 aromatic carbocycles. The Morgan fingerprint density at radius 2 is 1.73 bits per heavy atom. The zero-order valence-corrected chi connectivity index (χ0v) is 17.3. The van der Waals surface area contributed by atoms with Gasteiger partial charge in [-0.1, -0.05) is 30.3 Å². The first-order valence-corrected chi connectivity index (χ1v) is 10.8. The van der Waals surface area contributed by atoms with E-state index in [4.69, 9.17) is 9.84 Å². The lowest BCUT2D eigenvalue weighted by Gasteiger charge is -2.17. The molecule has 1 heterocycles. The Morgan fingerprint density at radius 3 is 2.33 bits per heavy atom. The number of amides is 1. The van der Waals surface area contributed by atoms with Crippen LogP contribution in [0.25, 0.3) is 11.3 Å². The van der Waals surface area contributed by atoms with Gasteiger partial charge < -0.3 is 10.1 Å². The quantitative estimate of drug-likeness (QED) is 0.604. The molecule has 0 spiro atoms. The van der Waals surface area contributed by atoms with Crippen LogP contribution in [0.2, 0.25) is 0 Å². The van der Waals surface area contributed by atoms with Crippen LogP contribution in [0, 0.1) is 11.8 Å². The smallest absolute Gasteiger partial charge is 0.255 e. The number of nitrogens with one attached hydrogen (secondary N) is 1. The van der Waals surface area contributed by atoms with Crippen LogP contribution in [0.3, 0.4) is 0 Å². The van der Waals surface area contributed by atoms with Crippen molar-refractivity contribution in [3.8, 4) is 17.0 Å². The summed E-state index contributed by atoms with van der Waals surface area (Å²) in [6.45, 7) is 0.631. The van der Waals surface area contributed by atoms with Gasteiger partial charge in [-0.3, -0.25) is 9.48 Å². The van der Waals surface area contributed by atoms with Gasteiger partial charge in [0.25, 0.3) is 5.91 Å². The van der Waals surface area contributed by atoms with Crippen LogP contribution < -0.4 is 10.1 Å². The van der Waals surface area contributed by atoms with Crippen LogP contribution in [-0.4, -0.2) is 28.8 Å². The summed E-state index contributed by atoms with van der Waals surface area (Å²) in [6, 6.07) is 18.3. The summed E-state index contributed by atoms with van der Waals surface area (Å²) in [6.07, 6.45) is 6.83. The van der Waals surface area contributed by atoms with Gasteiger partial charge in [-0.25, -0.2) is 0 Å². The lowest BCUT2D eigenvalue weighted by Crippen LogP contribution is -2.38. The molecule has 3 aromatic rings. The maximum Gasteiger partial charge on any atom is 0.255 e. The highest BCUT2D eigenvalue weighted by molar-refractivity contribution is 6.00. The number of benzene rings is 2. The molecule has 0 bridgehead atoms. The second kappa shape index (κ2) is 7.98. The highest BCUT2D eigenvalue weighted by atomic mass is 16.5. The van der Waals surface area contributed by atoms with Gasteiger partial charge >= 0.3 is 0 Å². The Balaban J connectivity index is 1.45. The summed E-state index contributed by atoms with van der Waals surface area (Å²) < 4.78 is 7.15. The SMILES string of the molecule is COc1ccc(-c2nn(Cc3ccccc3)cc2C(=O)NC(C2CC2)C2CC2)cc1. The molecule has 2 aliphatic rings. The van der Waals surface area contributed by atoms with Crippen molar-refractivity contribution in [2.45, 2.75) is 38.3 Å². The maximum atomic E-state index is 13.3. The molecule has 1 aromatic heterocycles. The van der Waals surface area contributed by atoms with Crippen molar-refractivity contribution in [1.29, 1.82) is 0 Å². The highest BCUT2D eigenvalue weighted by Crippen LogP contribution is 2.44. The third-order valence-corrected chi connectivity index (χ3v) is 6.11. The van der Waals surface area contributed by atoms with Crippen LogP contribution in [-0.2, 0) is 6.54 Å². The van der Waals surface area contributed by atoms with Gasteiger partial charge in [0.2, 0.25) is 0 Å². The average molecular weight is 402 g/mol. The van der Waals surface area contributed by atoms with Crippen LogP contribution in [0.4, 0.5) is 0 Å². The molecule has 30 heavy (non-hydrogen) atoms. The minimum Gasteiger partial charge on any atom is -0.497 e. The predicted molar refractivity (Wildman–Crippen MR) is 116 cm³/mol. The number of rotatable bonds is 8. The number of hydrogen-bond acceptors (Lipinski definition) is 3. The maximum absolute atomic E-state index is 13.3. The summed E-state index contributed by atoms with van der Waals surface area (Å²) in [5.74, 6) is 2.09. The Bertz CT molecular complexity index is 1010. The van der Waals surface area contributed by atoms with Crippen molar-refractivity contribution in [3.05, 3.63) is 71.9 Å². The first kappa shape index (κ1) is 18.9. The lowest BCUT2D eigenvalue weighted by atomic mass is 10.0. The van der Waals surface area contributed by atoms with Gasteiger partial charge in [-0.15, -0.1) is 0 Å². The van der Waals surface area contributed by atoms with Crippen molar-refractivity contribution in [1.82, 2.24) is 15.1 Å². The molecule has 5 rings (SSSR count). The summed E-state index contributed by atoms with van der Waals surface area (Å²) in [5, 5.41) is 8.15. The number of hydrogen-bond donors (Lipinski definition) is 1. The van der Waals surface area contributed by atoms with Gasteiger partial charge in [0, 0.05) is 17.8 Å². The van der Waals surface area contributed by atoms with E-state index in [9.17, 15) is 4.79 Å². The van der Waals surface area contributed by atoms with Gasteiger partial charge in [0.05, 0.1) is 19.2 Å². The third-order valence-electron chi connectivity index (χ3n) is 6.11. The fraction of sp³-hybridized carbons (Fsp3) is 0.360. The molecule has 0 aliphatic heterocycles. The number of aromatic nitrogens is 2. The van der Waals surface area contributed by atoms with Crippen LogP contribution in [0.5, 0.6) is 5.75 Å². The molecule has 2 fully saturated rings. The van der Waals surface area contributed by atoms with Crippen molar-refractivity contribution < 1.29 is 9.53 Å². The van der Waals surface area contributed by atoms with Gasteiger partial charge in [0.1, 0.15) is 11.4 Å². The molecule has 2 aliphatic carbocycles. The molecule has 2 saturated carbocycles. The largest absolute Gasteiger partial charge is 0.497 e. The van der Waals surface area contributed by atoms with E-state index in [2.05, 4.69) is 17.4 Å². The zero-order chi connectivity index (χ0) is 20.5. The van der Waals surface area contributed by atoms with Gasteiger partial charge in [-0.05, 0) is 67.3 Å². The van der Waals surface area contributed by atoms with E-state index in [1.54, 1.807) is 7.11 Å². The monoisotopic (exact) mass is 401 g/mol. The van der Waals surface area contributed by atoms with E-state index in [1.165, 1.54) is 25.7 Å². The molecule has 0 radical (unpaired) electrons. The molecule has 1 N–H and O–H groups in total. The first-order chi connectivity index (χ1) is 14.7. The van der Waals surface area contributed by atoms with E-state index in [0.717, 1.165) is 22.6 Å². The number of carbonyl (C=O) groups excluding carboxylic acids is 1. The van der Waals surface area contributed by atoms with Crippen molar-refractivity contribution in [2.24, 2.45) is 11.8 Å². The van der Waals surface area contributed by atoms with E-state index >= 15 is 0 Å². The van der Waals surface area contributed by atoms with E-state index in [0.29, 0.717) is 30.0 Å². The van der Waals surface area contributed by atoms with Gasteiger partial charge in [-0.2, -0.15) is 5.10 Å². The molecule has 0 atom stereocenters. The topological polar surface area (TPSA) is 56.2 Å². The second-order valence-electron chi connectivity index (χ2n) is 8.48. The molecule has 0 unspecified atom stereocenters. The molecular weight excluding hydrogens is 374 g/mol. The molecule has 154 valence electrons. The fourth-order valence-corrected chi connectivity index (χ4v) is 4.16.